The molecule has 1 aliphatic carbocycles. The van der Waals surface area contributed by atoms with Gasteiger partial charge in [0.15, 0.2) is 0 Å². The van der Waals surface area contributed by atoms with Crippen molar-refractivity contribution in [1.29, 1.82) is 5.26 Å². The average Bonchev–Trinajstić information content (AvgIpc) is 2.86. The molecular weight excluding hydrogens is 504 g/mol. The number of anilines is 1. The number of alkyl halides is 2. The molecule has 3 aliphatic heterocycles. The van der Waals surface area contributed by atoms with Gasteiger partial charge in [-0.15, -0.1) is 0 Å². The molecule has 0 unspecified atom stereocenters. The van der Waals surface area contributed by atoms with Gasteiger partial charge >= 0.3 is 0 Å². The van der Waals surface area contributed by atoms with E-state index in [9.17, 15) is 28.4 Å². The van der Waals surface area contributed by atoms with Gasteiger partial charge < -0.3 is 20.9 Å². The van der Waals surface area contributed by atoms with Crippen molar-refractivity contribution in [3.05, 3.63) is 28.8 Å². The molecule has 4 aliphatic rings. The number of hydrogen-bond donors (Lipinski definition) is 3. The van der Waals surface area contributed by atoms with Crippen molar-refractivity contribution in [3.63, 3.8) is 0 Å². The van der Waals surface area contributed by atoms with E-state index in [1.807, 2.05) is 6.07 Å². The maximum Gasteiger partial charge on any atom is 0.255 e. The molecule has 8 nitrogen and oxygen atoms in total. The van der Waals surface area contributed by atoms with E-state index in [1.165, 1.54) is 4.90 Å². The first-order chi connectivity index (χ1) is 17.5. The highest BCUT2D eigenvalue weighted by Gasteiger charge is 2.60. The summed E-state index contributed by atoms with van der Waals surface area (Å²) < 4.78 is 29.9. The Bertz CT molecular complexity index is 1110. The lowest BCUT2D eigenvalue weighted by Crippen LogP contribution is -2.70. The second kappa shape index (κ2) is 10.8. The first-order valence-electron chi connectivity index (χ1n) is 12.7. The van der Waals surface area contributed by atoms with Gasteiger partial charge in [0.05, 0.1) is 12.0 Å². The van der Waals surface area contributed by atoms with Crippen molar-refractivity contribution in [2.45, 2.75) is 82.5 Å². The van der Waals surface area contributed by atoms with Gasteiger partial charge in [-0.25, -0.2) is 8.78 Å². The minimum Gasteiger partial charge on any atom is -0.374 e. The highest BCUT2D eigenvalue weighted by atomic mass is 35.5. The summed E-state index contributed by atoms with van der Waals surface area (Å²) in [6.07, 6.45) is 1.42. The van der Waals surface area contributed by atoms with E-state index in [-0.39, 0.29) is 18.7 Å². The van der Waals surface area contributed by atoms with Gasteiger partial charge in [-0.2, -0.15) is 5.26 Å². The van der Waals surface area contributed by atoms with Crippen LogP contribution in [0.2, 0.25) is 5.02 Å². The molecular formula is C26H32ClF2N5O3. The number of piperidine rings is 3. The molecule has 2 bridgehead atoms. The van der Waals surface area contributed by atoms with Gasteiger partial charge in [-0.3, -0.25) is 14.4 Å². The Balaban J connectivity index is 1.54. The Morgan fingerprint density at radius 2 is 2.08 bits per heavy atom. The van der Waals surface area contributed by atoms with Crippen LogP contribution in [0.15, 0.2) is 18.2 Å². The van der Waals surface area contributed by atoms with Crippen molar-refractivity contribution < 1.29 is 23.2 Å². The molecule has 1 aromatic rings. The summed E-state index contributed by atoms with van der Waals surface area (Å²) in [5.41, 5.74) is 1.38. The third-order valence-electron chi connectivity index (χ3n) is 7.86. The van der Waals surface area contributed by atoms with Gasteiger partial charge in [-0.1, -0.05) is 17.7 Å². The smallest absolute Gasteiger partial charge is 0.255 e. The van der Waals surface area contributed by atoms with Crippen LogP contribution in [-0.4, -0.2) is 59.3 Å². The molecule has 1 aromatic carbocycles. The number of halogens is 3. The van der Waals surface area contributed by atoms with Crippen molar-refractivity contribution in [1.82, 2.24) is 15.5 Å². The number of amides is 3. The molecule has 0 spiro atoms. The SMILES string of the molecule is Cc1c(Cl)cccc1N[C@H](C)C(=O)N1[C@@H]2CC[C@H]([C@H]1C(=O)N[C@@H](C#N)C[C@H]1CCCNC1=O)C(F)(F)C2. The van der Waals surface area contributed by atoms with E-state index in [0.717, 1.165) is 12.0 Å². The van der Waals surface area contributed by atoms with Crippen LogP contribution in [0.1, 0.15) is 51.0 Å². The largest absolute Gasteiger partial charge is 0.374 e. The predicted octanol–water partition coefficient (Wildman–Crippen LogP) is 3.39. The Morgan fingerprint density at radius 3 is 2.76 bits per heavy atom. The lowest BCUT2D eigenvalue weighted by Gasteiger charge is -2.54. The molecule has 11 heteroatoms. The van der Waals surface area contributed by atoms with Crippen LogP contribution in [0, 0.1) is 30.1 Å². The lowest BCUT2D eigenvalue weighted by atomic mass is 9.71. The molecule has 0 radical (unpaired) electrons. The molecule has 37 heavy (non-hydrogen) atoms. The number of carbonyl (C=O) groups excluding carboxylic acids is 3. The third kappa shape index (κ3) is 5.52. The molecule has 3 saturated heterocycles. The molecule has 3 heterocycles. The minimum atomic E-state index is -3.10. The van der Waals surface area contributed by atoms with Crippen LogP contribution in [0.3, 0.4) is 0 Å². The molecule has 3 N–H and O–H groups in total. The zero-order valence-corrected chi connectivity index (χ0v) is 21.7. The number of fused-ring (bicyclic) bond motifs is 3. The second-order valence-electron chi connectivity index (χ2n) is 10.3. The summed E-state index contributed by atoms with van der Waals surface area (Å²) in [6.45, 7) is 3.99. The van der Waals surface area contributed by atoms with Crippen molar-refractivity contribution in [3.8, 4) is 6.07 Å². The van der Waals surface area contributed by atoms with Crippen LogP contribution in [-0.2, 0) is 14.4 Å². The fraction of sp³-hybridized carbons (Fsp3) is 0.615. The highest BCUT2D eigenvalue weighted by molar-refractivity contribution is 6.31. The van der Waals surface area contributed by atoms with Crippen molar-refractivity contribution in [2.24, 2.45) is 11.8 Å². The average molecular weight is 536 g/mol. The minimum absolute atomic E-state index is 0.0885. The third-order valence-corrected chi connectivity index (χ3v) is 8.27. The highest BCUT2D eigenvalue weighted by Crippen LogP contribution is 2.49. The Labute approximate surface area is 220 Å². The van der Waals surface area contributed by atoms with Gasteiger partial charge in [0.2, 0.25) is 17.7 Å². The van der Waals surface area contributed by atoms with Crippen LogP contribution in [0.5, 0.6) is 0 Å². The summed E-state index contributed by atoms with van der Waals surface area (Å²) in [4.78, 5) is 40.5. The molecule has 4 fully saturated rings. The Kier molecular flexibility index (Phi) is 7.93. The normalized spacial score (nSPS) is 28.0. The number of rotatable bonds is 7. The van der Waals surface area contributed by atoms with E-state index in [1.54, 1.807) is 32.0 Å². The predicted molar refractivity (Wildman–Crippen MR) is 134 cm³/mol. The number of hydrogen-bond acceptors (Lipinski definition) is 5. The van der Waals surface area contributed by atoms with Gasteiger partial charge in [0, 0.05) is 35.6 Å². The van der Waals surface area contributed by atoms with Crippen LogP contribution in [0.4, 0.5) is 14.5 Å². The van der Waals surface area contributed by atoms with E-state index in [0.29, 0.717) is 30.1 Å². The van der Waals surface area contributed by atoms with E-state index < -0.39 is 60.2 Å². The number of benzene rings is 1. The monoisotopic (exact) mass is 535 g/mol. The first-order valence-corrected chi connectivity index (χ1v) is 13.1. The molecule has 5 rings (SSSR count). The summed E-state index contributed by atoms with van der Waals surface area (Å²) >= 11 is 6.19. The Morgan fingerprint density at radius 1 is 1.32 bits per heavy atom. The maximum absolute atomic E-state index is 15.0. The fourth-order valence-corrected chi connectivity index (χ4v) is 6.03. The molecule has 200 valence electrons. The number of carbonyl (C=O) groups is 3. The zero-order chi connectivity index (χ0) is 26.9. The van der Waals surface area contributed by atoms with Crippen molar-refractivity contribution >= 4 is 35.0 Å². The van der Waals surface area contributed by atoms with E-state index >= 15 is 0 Å². The molecule has 0 aromatic heterocycles. The summed E-state index contributed by atoms with van der Waals surface area (Å²) in [5, 5.41) is 18.6. The maximum atomic E-state index is 15.0. The summed E-state index contributed by atoms with van der Waals surface area (Å²) in [5.74, 6) is -6.32. The number of nitrogens with zero attached hydrogens (tertiary/aromatic N) is 2. The fourth-order valence-electron chi connectivity index (χ4n) is 5.85. The number of nitrogens with one attached hydrogen (secondary N) is 3. The standard InChI is InChI=1S/C26H32ClF2N5O3/c1-14-20(27)6-3-7-21(14)32-15(2)25(37)34-18-8-9-19(26(28,29)12-18)22(34)24(36)33-17(13-30)11-16-5-4-10-31-23(16)35/h3,6-7,15-19,22,32H,4-5,8-12H2,1-2H3,(H,31,35)(H,33,36)/t15-,16-,17-,18-,19-,22+/m1/s1. The van der Waals surface area contributed by atoms with Gasteiger partial charge in [-0.05, 0) is 63.6 Å². The quantitative estimate of drug-likeness (QED) is 0.495. The molecule has 1 saturated carbocycles. The van der Waals surface area contributed by atoms with Gasteiger partial charge in [0.25, 0.3) is 5.92 Å². The first kappa shape index (κ1) is 27.1. The molecule has 6 atom stereocenters. The summed E-state index contributed by atoms with van der Waals surface area (Å²) in [7, 11) is 0. The van der Waals surface area contributed by atoms with Crippen LogP contribution in [0.25, 0.3) is 0 Å². The van der Waals surface area contributed by atoms with Crippen LogP contribution >= 0.6 is 11.6 Å². The lowest BCUT2D eigenvalue weighted by molar-refractivity contribution is -0.194. The molecule has 3 amide bonds. The van der Waals surface area contributed by atoms with Gasteiger partial charge in [0.1, 0.15) is 18.1 Å². The van der Waals surface area contributed by atoms with E-state index in [2.05, 4.69) is 16.0 Å². The number of nitriles is 1. The Hall–Kier alpha value is -2.93. The second-order valence-corrected chi connectivity index (χ2v) is 10.7. The topological polar surface area (TPSA) is 114 Å². The zero-order valence-electron chi connectivity index (χ0n) is 20.9. The summed E-state index contributed by atoms with van der Waals surface area (Å²) in [6, 6.07) is 3.18. The van der Waals surface area contributed by atoms with E-state index in [4.69, 9.17) is 11.6 Å². The van der Waals surface area contributed by atoms with Crippen molar-refractivity contribution in [2.75, 3.05) is 11.9 Å². The van der Waals surface area contributed by atoms with Crippen LogP contribution < -0.4 is 16.0 Å².